The summed E-state index contributed by atoms with van der Waals surface area (Å²) in [6.45, 7) is 3.19. The van der Waals surface area contributed by atoms with Gasteiger partial charge in [-0.3, -0.25) is 4.79 Å². The molecule has 1 saturated carbocycles. The van der Waals surface area contributed by atoms with Gasteiger partial charge in [-0.1, -0.05) is 19.8 Å². The van der Waals surface area contributed by atoms with Crippen molar-refractivity contribution in [3.8, 4) is 0 Å². The molecule has 1 aliphatic carbocycles. The van der Waals surface area contributed by atoms with E-state index < -0.39 is 0 Å². The minimum Gasteiger partial charge on any atom is -0.351 e. The third kappa shape index (κ3) is 3.62. The Labute approximate surface area is 108 Å². The normalized spacial score (nSPS) is 33.6. The van der Waals surface area contributed by atoms with Crippen LogP contribution in [0.25, 0.3) is 0 Å². The van der Waals surface area contributed by atoms with E-state index >= 15 is 0 Å². The highest BCUT2D eigenvalue weighted by molar-refractivity contribution is 7.99. The molecular weight excluding hydrogens is 232 g/mol. The number of carbonyl (C=O) groups excluding carboxylic acids is 1. The molecule has 0 aromatic heterocycles. The van der Waals surface area contributed by atoms with Gasteiger partial charge < -0.3 is 10.6 Å². The van der Waals surface area contributed by atoms with Gasteiger partial charge in [0.2, 0.25) is 5.91 Å². The third-order valence-electron chi connectivity index (χ3n) is 3.79. The van der Waals surface area contributed by atoms with Gasteiger partial charge in [-0.2, -0.15) is 11.8 Å². The molecule has 1 amide bonds. The Morgan fingerprint density at radius 2 is 2.18 bits per heavy atom. The Bertz CT molecular complexity index is 254. The molecule has 2 rings (SSSR count). The smallest absolute Gasteiger partial charge is 0.237 e. The quantitative estimate of drug-likeness (QED) is 0.807. The molecule has 1 heterocycles. The number of thioether (sulfide) groups is 1. The maximum atomic E-state index is 12.1. The van der Waals surface area contributed by atoms with Crippen LogP contribution >= 0.6 is 11.8 Å². The minimum absolute atomic E-state index is 0.0663. The van der Waals surface area contributed by atoms with Gasteiger partial charge in [-0.15, -0.1) is 0 Å². The zero-order valence-corrected chi connectivity index (χ0v) is 11.5. The van der Waals surface area contributed by atoms with Gasteiger partial charge in [-0.25, -0.2) is 0 Å². The third-order valence-corrected chi connectivity index (χ3v) is 5.11. The number of hydrogen-bond donors (Lipinski definition) is 2. The fourth-order valence-electron chi connectivity index (χ4n) is 2.86. The number of amides is 1. The minimum atomic E-state index is 0.0663. The summed E-state index contributed by atoms with van der Waals surface area (Å²) in [6.07, 6.45) is 7.09. The molecular formula is C13H24N2OS. The van der Waals surface area contributed by atoms with E-state index in [1.54, 1.807) is 0 Å². The van der Waals surface area contributed by atoms with Crippen LogP contribution in [-0.2, 0) is 4.79 Å². The highest BCUT2D eigenvalue weighted by Gasteiger charge is 2.30. The van der Waals surface area contributed by atoms with Crippen molar-refractivity contribution in [2.45, 2.75) is 62.8 Å². The lowest BCUT2D eigenvalue weighted by molar-refractivity contribution is -0.124. The summed E-state index contributed by atoms with van der Waals surface area (Å²) in [5.41, 5.74) is 0. The van der Waals surface area contributed by atoms with Crippen LogP contribution in [0.5, 0.6) is 0 Å². The van der Waals surface area contributed by atoms with Crippen LogP contribution < -0.4 is 10.6 Å². The highest BCUT2D eigenvalue weighted by atomic mass is 32.2. The van der Waals surface area contributed by atoms with Crippen molar-refractivity contribution in [1.82, 2.24) is 10.6 Å². The van der Waals surface area contributed by atoms with Crippen molar-refractivity contribution >= 4 is 17.7 Å². The van der Waals surface area contributed by atoms with E-state index in [-0.39, 0.29) is 11.9 Å². The standard InChI is InChI=1S/C13H24N2OS/c1-2-17-12-8-5-7-10(12)15-13(16)11-6-3-4-9-14-11/h10-12,14H,2-9H2,1H3,(H,15,16)/t10?,11-,12?/m0/s1. The van der Waals surface area contributed by atoms with Crippen LogP contribution in [-0.4, -0.2) is 35.5 Å². The zero-order chi connectivity index (χ0) is 12.1. The molecule has 4 heteroatoms. The lowest BCUT2D eigenvalue weighted by Crippen LogP contribution is -2.50. The molecule has 2 N–H and O–H groups in total. The summed E-state index contributed by atoms with van der Waals surface area (Å²) < 4.78 is 0. The van der Waals surface area contributed by atoms with E-state index in [2.05, 4.69) is 17.6 Å². The summed E-state index contributed by atoms with van der Waals surface area (Å²) in [5, 5.41) is 7.23. The molecule has 2 fully saturated rings. The van der Waals surface area contributed by atoms with Crippen LogP contribution in [0, 0.1) is 0 Å². The van der Waals surface area contributed by atoms with Gasteiger partial charge in [0.1, 0.15) is 0 Å². The molecule has 17 heavy (non-hydrogen) atoms. The Hall–Kier alpha value is -0.220. The molecule has 0 aromatic rings. The second-order valence-electron chi connectivity index (χ2n) is 5.04. The van der Waals surface area contributed by atoms with Crippen molar-refractivity contribution in [3.05, 3.63) is 0 Å². The molecule has 2 aliphatic rings. The Morgan fingerprint density at radius 1 is 1.29 bits per heavy atom. The van der Waals surface area contributed by atoms with E-state index in [4.69, 9.17) is 0 Å². The van der Waals surface area contributed by atoms with Gasteiger partial charge in [0.05, 0.1) is 6.04 Å². The first kappa shape index (κ1) is 13.2. The van der Waals surface area contributed by atoms with Crippen LogP contribution in [0.1, 0.15) is 45.4 Å². The summed E-state index contributed by atoms with van der Waals surface area (Å²) in [6, 6.07) is 0.479. The molecule has 0 radical (unpaired) electrons. The van der Waals surface area contributed by atoms with Crippen molar-refractivity contribution in [2.75, 3.05) is 12.3 Å². The van der Waals surface area contributed by atoms with Crippen molar-refractivity contribution < 1.29 is 4.79 Å². The summed E-state index contributed by atoms with van der Waals surface area (Å²) in [5.74, 6) is 1.39. The number of hydrogen-bond acceptors (Lipinski definition) is 3. The Morgan fingerprint density at radius 3 is 2.88 bits per heavy atom. The SMILES string of the molecule is CCSC1CCCC1NC(=O)[C@@H]1CCCCN1. The molecule has 1 saturated heterocycles. The first-order chi connectivity index (χ1) is 8.31. The molecule has 0 bridgehead atoms. The van der Waals surface area contributed by atoms with Gasteiger partial charge in [0.15, 0.2) is 0 Å². The second kappa shape index (κ2) is 6.64. The van der Waals surface area contributed by atoms with E-state index in [9.17, 15) is 4.79 Å². The summed E-state index contributed by atoms with van der Waals surface area (Å²) in [7, 11) is 0. The van der Waals surface area contributed by atoms with Gasteiger partial charge >= 0.3 is 0 Å². The Balaban J connectivity index is 1.80. The van der Waals surface area contributed by atoms with Crippen molar-refractivity contribution in [2.24, 2.45) is 0 Å². The van der Waals surface area contributed by atoms with E-state index in [1.807, 2.05) is 11.8 Å². The number of carbonyl (C=O) groups is 1. The van der Waals surface area contributed by atoms with Crippen LogP contribution in [0.2, 0.25) is 0 Å². The monoisotopic (exact) mass is 256 g/mol. The zero-order valence-electron chi connectivity index (χ0n) is 10.7. The summed E-state index contributed by atoms with van der Waals surface area (Å²) in [4.78, 5) is 12.1. The fourth-order valence-corrected chi connectivity index (χ4v) is 4.06. The average Bonchev–Trinajstić information content (AvgIpc) is 2.78. The lowest BCUT2D eigenvalue weighted by atomic mass is 10.0. The Kier molecular flexibility index (Phi) is 5.16. The molecule has 98 valence electrons. The molecule has 2 unspecified atom stereocenters. The van der Waals surface area contributed by atoms with Crippen molar-refractivity contribution in [1.29, 1.82) is 0 Å². The maximum Gasteiger partial charge on any atom is 0.237 e. The number of rotatable bonds is 4. The van der Waals surface area contributed by atoms with E-state index in [0.29, 0.717) is 11.3 Å². The predicted octanol–water partition coefficient (Wildman–Crippen LogP) is 1.92. The topological polar surface area (TPSA) is 41.1 Å². The lowest BCUT2D eigenvalue weighted by Gasteiger charge is -2.26. The van der Waals surface area contributed by atoms with Crippen LogP contribution in [0.4, 0.5) is 0 Å². The first-order valence-electron chi connectivity index (χ1n) is 6.96. The van der Waals surface area contributed by atoms with Gasteiger partial charge in [0, 0.05) is 11.3 Å². The highest BCUT2D eigenvalue weighted by Crippen LogP contribution is 2.30. The van der Waals surface area contributed by atoms with E-state index in [1.165, 1.54) is 25.7 Å². The first-order valence-corrected chi connectivity index (χ1v) is 8.01. The molecule has 3 atom stereocenters. The van der Waals surface area contributed by atoms with Gasteiger partial charge in [-0.05, 0) is 38.0 Å². The molecule has 3 nitrogen and oxygen atoms in total. The largest absolute Gasteiger partial charge is 0.351 e. The van der Waals surface area contributed by atoms with E-state index in [0.717, 1.165) is 25.1 Å². The number of nitrogens with one attached hydrogen (secondary N) is 2. The second-order valence-corrected chi connectivity index (χ2v) is 6.56. The summed E-state index contributed by atoms with van der Waals surface area (Å²) >= 11 is 2.00. The fraction of sp³-hybridized carbons (Fsp3) is 0.923. The van der Waals surface area contributed by atoms with Gasteiger partial charge in [0.25, 0.3) is 0 Å². The maximum absolute atomic E-state index is 12.1. The number of piperidine rings is 1. The molecule has 0 spiro atoms. The average molecular weight is 256 g/mol. The van der Waals surface area contributed by atoms with Crippen LogP contribution in [0.3, 0.4) is 0 Å². The van der Waals surface area contributed by atoms with Crippen molar-refractivity contribution in [3.63, 3.8) is 0 Å². The molecule has 1 aliphatic heterocycles. The predicted molar refractivity (Wildman–Crippen MR) is 73.3 cm³/mol. The van der Waals surface area contributed by atoms with Crippen LogP contribution in [0.15, 0.2) is 0 Å². The molecule has 0 aromatic carbocycles.